The molecule has 1 aliphatic carbocycles. The Kier molecular flexibility index (Phi) is 5.59. The first-order valence-corrected chi connectivity index (χ1v) is 9.36. The third-order valence-corrected chi connectivity index (χ3v) is 5.48. The molecular weight excluding hydrogens is 332 g/mol. The number of likely N-dealkylation sites (tertiary alicyclic amines) is 1. The summed E-state index contributed by atoms with van der Waals surface area (Å²) in [4.78, 5) is 39.0. The quantitative estimate of drug-likeness (QED) is 0.894. The fourth-order valence-corrected chi connectivity index (χ4v) is 4.12. The maximum atomic E-state index is 12.9. The molecule has 0 bridgehead atoms. The maximum Gasteiger partial charge on any atom is 0.323 e. The highest BCUT2D eigenvalue weighted by molar-refractivity contribution is 5.94. The van der Waals surface area contributed by atoms with Crippen molar-refractivity contribution in [2.75, 3.05) is 19.6 Å². The summed E-state index contributed by atoms with van der Waals surface area (Å²) in [6.45, 7) is 2.31. The number of carbonyl (C=O) groups is 3. The average molecular weight is 358 g/mol. The number of fused-ring (bicyclic) bond motifs is 1. The van der Waals surface area contributed by atoms with E-state index in [9.17, 15) is 14.4 Å². The van der Waals surface area contributed by atoms with Gasteiger partial charge in [0.25, 0.3) is 5.91 Å². The van der Waals surface area contributed by atoms with Gasteiger partial charge in [-0.3, -0.25) is 14.4 Å². The molecule has 1 N–H and O–H groups in total. The van der Waals surface area contributed by atoms with Gasteiger partial charge in [-0.1, -0.05) is 6.07 Å². The largest absolute Gasteiger partial charge is 0.480 e. The highest BCUT2D eigenvalue weighted by Crippen LogP contribution is 2.24. The van der Waals surface area contributed by atoms with E-state index in [2.05, 4.69) is 6.07 Å². The number of aliphatic carboxylic acids is 1. The van der Waals surface area contributed by atoms with Crippen LogP contribution in [-0.4, -0.2) is 58.4 Å². The maximum absolute atomic E-state index is 12.9. The molecule has 0 radical (unpaired) electrons. The van der Waals surface area contributed by atoms with E-state index in [1.54, 1.807) is 0 Å². The average Bonchev–Trinajstić information content (AvgIpc) is 2.94. The summed E-state index contributed by atoms with van der Waals surface area (Å²) in [5, 5.41) is 9.04. The third-order valence-electron chi connectivity index (χ3n) is 5.48. The van der Waals surface area contributed by atoms with E-state index in [4.69, 9.17) is 5.11 Å². The monoisotopic (exact) mass is 358 g/mol. The van der Waals surface area contributed by atoms with Crippen LogP contribution in [0.2, 0.25) is 0 Å². The third kappa shape index (κ3) is 4.06. The van der Waals surface area contributed by atoms with Crippen molar-refractivity contribution < 1.29 is 19.5 Å². The van der Waals surface area contributed by atoms with Crippen LogP contribution in [0, 0.1) is 0 Å². The van der Waals surface area contributed by atoms with Crippen molar-refractivity contribution in [3.63, 3.8) is 0 Å². The molecule has 26 heavy (non-hydrogen) atoms. The predicted octanol–water partition coefficient (Wildman–Crippen LogP) is 2.10. The molecule has 0 spiro atoms. The Balaban J connectivity index is 1.67. The number of aryl methyl sites for hydroxylation is 2. The van der Waals surface area contributed by atoms with Crippen molar-refractivity contribution in [2.45, 2.75) is 51.5 Å². The van der Waals surface area contributed by atoms with E-state index in [1.807, 2.05) is 17.0 Å². The van der Waals surface area contributed by atoms with E-state index < -0.39 is 5.97 Å². The SMILES string of the molecule is CC(=O)N(CC(=O)O)C1CCCN(C(=O)c2ccc3c(c2)CCC3)CC1. The summed E-state index contributed by atoms with van der Waals surface area (Å²) in [6.07, 6.45) is 5.40. The molecule has 1 atom stereocenters. The topological polar surface area (TPSA) is 77.9 Å². The van der Waals surface area contributed by atoms with Gasteiger partial charge >= 0.3 is 5.97 Å². The summed E-state index contributed by atoms with van der Waals surface area (Å²) < 4.78 is 0. The van der Waals surface area contributed by atoms with E-state index >= 15 is 0 Å². The minimum atomic E-state index is -1.00. The Morgan fingerprint density at radius 3 is 2.62 bits per heavy atom. The van der Waals surface area contributed by atoms with Gasteiger partial charge < -0.3 is 14.9 Å². The van der Waals surface area contributed by atoms with Crippen molar-refractivity contribution in [3.8, 4) is 0 Å². The molecule has 1 fully saturated rings. The second kappa shape index (κ2) is 7.89. The summed E-state index contributed by atoms with van der Waals surface area (Å²) in [5.41, 5.74) is 3.37. The standard InChI is InChI=1S/C20H26N2O4/c1-14(23)22(13-19(24)25)18-6-3-10-21(11-9-18)20(26)17-8-7-15-4-2-5-16(15)12-17/h7-8,12,18H,2-6,9-11,13H2,1H3,(H,24,25). The normalized spacial score (nSPS) is 19.6. The zero-order valence-corrected chi connectivity index (χ0v) is 15.2. The molecular formula is C20H26N2O4. The van der Waals surface area contributed by atoms with Crippen molar-refractivity contribution in [3.05, 3.63) is 34.9 Å². The predicted molar refractivity (Wildman–Crippen MR) is 97.0 cm³/mol. The van der Waals surface area contributed by atoms with Gasteiger partial charge in [-0.2, -0.15) is 0 Å². The molecule has 1 aromatic carbocycles. The van der Waals surface area contributed by atoms with Gasteiger partial charge in [0.1, 0.15) is 6.54 Å². The number of amides is 2. The molecule has 6 heteroatoms. The first kappa shape index (κ1) is 18.4. The smallest absolute Gasteiger partial charge is 0.323 e. The number of benzene rings is 1. The number of hydrogen-bond acceptors (Lipinski definition) is 3. The van der Waals surface area contributed by atoms with Crippen LogP contribution in [0.15, 0.2) is 18.2 Å². The lowest BCUT2D eigenvalue weighted by Crippen LogP contribution is -2.43. The molecule has 1 unspecified atom stereocenters. The van der Waals surface area contributed by atoms with Gasteiger partial charge in [-0.15, -0.1) is 0 Å². The highest BCUT2D eigenvalue weighted by atomic mass is 16.4. The second-order valence-electron chi connectivity index (χ2n) is 7.25. The molecule has 140 valence electrons. The zero-order chi connectivity index (χ0) is 18.7. The molecule has 0 aromatic heterocycles. The van der Waals surface area contributed by atoms with Crippen LogP contribution >= 0.6 is 0 Å². The molecule has 1 aromatic rings. The number of nitrogens with zero attached hydrogens (tertiary/aromatic N) is 2. The Morgan fingerprint density at radius 1 is 1.12 bits per heavy atom. The van der Waals surface area contributed by atoms with Crippen LogP contribution in [-0.2, 0) is 22.4 Å². The summed E-state index contributed by atoms with van der Waals surface area (Å²) >= 11 is 0. The lowest BCUT2D eigenvalue weighted by molar-refractivity contribution is -0.145. The summed E-state index contributed by atoms with van der Waals surface area (Å²) in [7, 11) is 0. The number of carboxylic acids is 1. The number of carbonyl (C=O) groups excluding carboxylic acids is 2. The van der Waals surface area contributed by atoms with Gasteiger partial charge in [0.2, 0.25) is 5.91 Å². The molecule has 6 nitrogen and oxygen atoms in total. The minimum Gasteiger partial charge on any atom is -0.480 e. The number of rotatable bonds is 4. The molecule has 0 saturated carbocycles. The van der Waals surface area contributed by atoms with E-state index in [1.165, 1.54) is 23.0 Å². The van der Waals surface area contributed by atoms with Gasteiger partial charge in [-0.25, -0.2) is 0 Å². The molecule has 1 heterocycles. The summed E-state index contributed by atoms with van der Waals surface area (Å²) in [5.74, 6) is -1.20. The van der Waals surface area contributed by atoms with Crippen molar-refractivity contribution >= 4 is 17.8 Å². The molecule has 1 saturated heterocycles. The van der Waals surface area contributed by atoms with Crippen molar-refractivity contribution in [1.29, 1.82) is 0 Å². The first-order chi connectivity index (χ1) is 12.5. The Morgan fingerprint density at radius 2 is 1.88 bits per heavy atom. The lowest BCUT2D eigenvalue weighted by atomic mass is 10.1. The fourth-order valence-electron chi connectivity index (χ4n) is 4.12. The summed E-state index contributed by atoms with van der Waals surface area (Å²) in [6, 6.07) is 5.89. The fraction of sp³-hybridized carbons (Fsp3) is 0.550. The van der Waals surface area contributed by atoms with Gasteiger partial charge in [0, 0.05) is 31.6 Å². The van der Waals surface area contributed by atoms with Crippen LogP contribution < -0.4 is 0 Å². The molecule has 1 aliphatic heterocycles. The van der Waals surface area contributed by atoms with Gasteiger partial charge in [-0.05, 0) is 61.8 Å². The van der Waals surface area contributed by atoms with Crippen LogP contribution in [0.1, 0.15) is 54.1 Å². The highest BCUT2D eigenvalue weighted by Gasteiger charge is 2.28. The van der Waals surface area contributed by atoms with Gasteiger partial charge in [0.05, 0.1) is 0 Å². The van der Waals surface area contributed by atoms with Gasteiger partial charge in [0.15, 0.2) is 0 Å². The Labute approximate surface area is 153 Å². The number of carboxylic acid groups (broad SMARTS) is 1. The van der Waals surface area contributed by atoms with E-state index in [0.717, 1.165) is 37.7 Å². The Hall–Kier alpha value is -2.37. The lowest BCUT2D eigenvalue weighted by Gasteiger charge is -2.28. The molecule has 2 amide bonds. The molecule has 3 rings (SSSR count). The minimum absolute atomic E-state index is 0.0351. The zero-order valence-electron chi connectivity index (χ0n) is 15.2. The first-order valence-electron chi connectivity index (χ1n) is 9.36. The van der Waals surface area contributed by atoms with E-state index in [-0.39, 0.29) is 24.4 Å². The van der Waals surface area contributed by atoms with Crippen LogP contribution in [0.3, 0.4) is 0 Å². The second-order valence-corrected chi connectivity index (χ2v) is 7.25. The van der Waals surface area contributed by atoms with Crippen molar-refractivity contribution in [2.24, 2.45) is 0 Å². The van der Waals surface area contributed by atoms with Crippen LogP contribution in [0.5, 0.6) is 0 Å². The number of hydrogen-bond donors (Lipinski definition) is 1. The van der Waals surface area contributed by atoms with Crippen LogP contribution in [0.25, 0.3) is 0 Å². The Bertz CT molecular complexity index is 716. The van der Waals surface area contributed by atoms with Crippen molar-refractivity contribution in [1.82, 2.24) is 9.80 Å². The van der Waals surface area contributed by atoms with E-state index in [0.29, 0.717) is 19.5 Å². The molecule has 2 aliphatic rings. The van der Waals surface area contributed by atoms with Crippen LogP contribution in [0.4, 0.5) is 0 Å².